The average molecular weight is 503 g/mol. The van der Waals surface area contributed by atoms with E-state index in [9.17, 15) is 5.11 Å². The summed E-state index contributed by atoms with van der Waals surface area (Å²) in [6, 6.07) is 0. The van der Waals surface area contributed by atoms with Crippen LogP contribution in [0, 0.1) is 46.3 Å². The van der Waals surface area contributed by atoms with E-state index in [-0.39, 0.29) is 12.3 Å². The highest BCUT2D eigenvalue weighted by Crippen LogP contribution is 2.67. The van der Waals surface area contributed by atoms with Crippen molar-refractivity contribution in [3.05, 3.63) is 11.6 Å². The van der Waals surface area contributed by atoms with Gasteiger partial charge < -0.3 is 16.6 Å². The second-order valence-electron chi connectivity index (χ2n) is 14.3. The van der Waals surface area contributed by atoms with E-state index in [0.717, 1.165) is 54.8 Å². The molecule has 0 spiro atoms. The maximum Gasteiger partial charge on any atom is 0.0577 e. The zero-order valence-electron chi connectivity index (χ0n) is 24.9. The summed E-state index contributed by atoms with van der Waals surface area (Å²) < 4.78 is 0. The van der Waals surface area contributed by atoms with E-state index < -0.39 is 0 Å². The molecule has 3 fully saturated rings. The van der Waals surface area contributed by atoms with Crippen LogP contribution in [0.25, 0.3) is 0 Å². The van der Waals surface area contributed by atoms with Gasteiger partial charge in [-0.05, 0) is 104 Å². The number of aliphatic hydroxyl groups is 1. The van der Waals surface area contributed by atoms with Crippen molar-refractivity contribution in [2.75, 3.05) is 0 Å². The highest BCUT2D eigenvalue weighted by atomic mass is 16.3. The van der Waals surface area contributed by atoms with Crippen molar-refractivity contribution < 1.29 is 5.11 Å². The molecule has 0 bridgehead atoms. The molecule has 5 N–H and O–H groups in total. The quantitative estimate of drug-likeness (QED) is 0.169. The first-order valence-electron chi connectivity index (χ1n) is 15.9. The Labute approximate surface area is 224 Å². The second kappa shape index (κ2) is 13.1. The largest absolute Gasteiger partial charge is 0.393 e. The van der Waals surface area contributed by atoms with Gasteiger partial charge in [0.2, 0.25) is 0 Å². The SMILES string of the molecule is CC(C)CCCC(C)[C@H]1CC[C@H]2[C@@H]3CC=C4C[C@@H](O)CC[C@]4(C)[C@H]3CC[C@]12C.CCCCCC(N)N. The lowest BCUT2D eigenvalue weighted by Crippen LogP contribution is -2.50. The first-order chi connectivity index (χ1) is 17.0. The molecule has 1 unspecified atom stereocenters. The van der Waals surface area contributed by atoms with Crippen LogP contribution in [0.3, 0.4) is 0 Å². The predicted molar refractivity (Wildman–Crippen MR) is 155 cm³/mol. The Morgan fingerprint density at radius 2 is 1.67 bits per heavy atom. The van der Waals surface area contributed by atoms with Crippen molar-refractivity contribution in [3.63, 3.8) is 0 Å². The number of unbranched alkanes of at least 4 members (excludes halogenated alkanes) is 2. The first kappa shape index (κ1) is 30.2. The van der Waals surface area contributed by atoms with Crippen molar-refractivity contribution in [3.8, 4) is 0 Å². The van der Waals surface area contributed by atoms with E-state index in [1.807, 2.05) is 0 Å². The summed E-state index contributed by atoms with van der Waals surface area (Å²) in [6.45, 7) is 14.7. The number of rotatable bonds is 9. The zero-order chi connectivity index (χ0) is 26.5. The molecule has 36 heavy (non-hydrogen) atoms. The van der Waals surface area contributed by atoms with Crippen molar-refractivity contribution in [2.24, 2.45) is 57.8 Å². The number of nitrogens with two attached hydrogens (primary N) is 2. The van der Waals surface area contributed by atoms with E-state index in [2.05, 4.69) is 47.6 Å². The minimum absolute atomic E-state index is 0.0766. The number of hydrogen-bond donors (Lipinski definition) is 3. The van der Waals surface area contributed by atoms with Crippen LogP contribution in [0.4, 0.5) is 0 Å². The average Bonchev–Trinajstić information content (AvgIpc) is 3.17. The summed E-state index contributed by atoms with van der Waals surface area (Å²) in [4.78, 5) is 0. The summed E-state index contributed by atoms with van der Waals surface area (Å²) >= 11 is 0. The van der Waals surface area contributed by atoms with Crippen LogP contribution in [0.5, 0.6) is 0 Å². The molecule has 3 heteroatoms. The van der Waals surface area contributed by atoms with Crippen LogP contribution in [0.2, 0.25) is 0 Å². The summed E-state index contributed by atoms with van der Waals surface area (Å²) in [6.07, 6.45) is 21.7. The molecule has 0 aromatic heterocycles. The third kappa shape index (κ3) is 6.78. The Hall–Kier alpha value is -0.380. The van der Waals surface area contributed by atoms with Gasteiger partial charge in [-0.2, -0.15) is 0 Å². The van der Waals surface area contributed by atoms with E-state index >= 15 is 0 Å². The molecule has 0 aromatic carbocycles. The van der Waals surface area contributed by atoms with Crippen LogP contribution in [0.15, 0.2) is 11.6 Å². The van der Waals surface area contributed by atoms with Crippen molar-refractivity contribution in [2.45, 2.75) is 150 Å². The van der Waals surface area contributed by atoms with Crippen LogP contribution in [-0.2, 0) is 0 Å². The van der Waals surface area contributed by atoms with Gasteiger partial charge in [0.25, 0.3) is 0 Å². The monoisotopic (exact) mass is 502 g/mol. The maximum absolute atomic E-state index is 10.2. The Morgan fingerprint density at radius 1 is 0.917 bits per heavy atom. The highest BCUT2D eigenvalue weighted by molar-refractivity contribution is 5.25. The van der Waals surface area contributed by atoms with E-state index in [1.165, 1.54) is 77.0 Å². The van der Waals surface area contributed by atoms with E-state index in [0.29, 0.717) is 10.8 Å². The number of allylic oxidation sites excluding steroid dienone is 1. The van der Waals surface area contributed by atoms with Crippen molar-refractivity contribution >= 4 is 0 Å². The molecule has 0 saturated heterocycles. The summed E-state index contributed by atoms with van der Waals surface area (Å²) in [5.41, 5.74) is 13.2. The fraction of sp³-hybridized carbons (Fsp3) is 0.939. The molecular formula is C33H62N2O. The minimum atomic E-state index is -0.0958. The number of aliphatic hydroxyl groups excluding tert-OH is 1. The van der Waals surface area contributed by atoms with Gasteiger partial charge in [0.15, 0.2) is 0 Å². The number of fused-ring (bicyclic) bond motifs is 5. The summed E-state index contributed by atoms with van der Waals surface area (Å²) in [5.74, 6) is 5.46. The van der Waals surface area contributed by atoms with E-state index in [1.54, 1.807) is 5.57 Å². The molecule has 3 nitrogen and oxygen atoms in total. The number of hydrogen-bond acceptors (Lipinski definition) is 3. The molecule has 0 aromatic rings. The molecule has 3 saturated carbocycles. The highest BCUT2D eigenvalue weighted by Gasteiger charge is 2.59. The van der Waals surface area contributed by atoms with Gasteiger partial charge in [-0.25, -0.2) is 0 Å². The fourth-order valence-electron chi connectivity index (χ4n) is 9.30. The lowest BCUT2D eigenvalue weighted by Gasteiger charge is -2.58. The topological polar surface area (TPSA) is 72.3 Å². The Kier molecular flexibility index (Phi) is 11.0. The van der Waals surface area contributed by atoms with Gasteiger partial charge in [-0.3, -0.25) is 0 Å². The van der Waals surface area contributed by atoms with Gasteiger partial charge in [0.1, 0.15) is 0 Å². The molecule has 0 aliphatic heterocycles. The lowest BCUT2D eigenvalue weighted by molar-refractivity contribution is -0.0573. The first-order valence-corrected chi connectivity index (χ1v) is 15.9. The lowest BCUT2D eigenvalue weighted by atomic mass is 9.47. The van der Waals surface area contributed by atoms with Crippen LogP contribution >= 0.6 is 0 Å². The second-order valence-corrected chi connectivity index (χ2v) is 14.3. The smallest absolute Gasteiger partial charge is 0.0577 e. The minimum Gasteiger partial charge on any atom is -0.393 e. The Bertz CT molecular complexity index is 702. The molecule has 4 aliphatic carbocycles. The molecule has 0 heterocycles. The maximum atomic E-state index is 10.2. The molecule has 4 rings (SSSR count). The fourth-order valence-corrected chi connectivity index (χ4v) is 9.30. The molecule has 0 radical (unpaired) electrons. The molecule has 0 amide bonds. The third-order valence-corrected chi connectivity index (χ3v) is 11.4. The standard InChI is InChI=1S/C27H46O.C6H16N2/c1-18(2)7-6-8-19(3)23-11-12-24-22-10-9-20-17-21(28)13-15-26(20,4)25(22)14-16-27(23,24)5;1-2-3-4-5-6(7)8/h9,18-19,21-25,28H,6-8,10-17H2,1-5H3;6H,2-5,7-8H2,1H3/t19?,21-,22-,23+,24-,25-,26-,27+;/m0./s1. The third-order valence-electron chi connectivity index (χ3n) is 11.4. The van der Waals surface area contributed by atoms with Gasteiger partial charge >= 0.3 is 0 Å². The molecule has 4 aliphatic rings. The normalized spacial score (nSPS) is 38.5. The summed E-state index contributed by atoms with van der Waals surface area (Å²) in [7, 11) is 0. The van der Waals surface area contributed by atoms with Crippen LogP contribution in [0.1, 0.15) is 138 Å². The van der Waals surface area contributed by atoms with Gasteiger partial charge in [0, 0.05) is 0 Å². The molecule has 210 valence electrons. The van der Waals surface area contributed by atoms with E-state index in [4.69, 9.17) is 11.5 Å². The summed E-state index contributed by atoms with van der Waals surface area (Å²) in [5, 5.41) is 10.2. The van der Waals surface area contributed by atoms with Crippen molar-refractivity contribution in [1.29, 1.82) is 0 Å². The van der Waals surface area contributed by atoms with Crippen LogP contribution < -0.4 is 11.5 Å². The zero-order valence-corrected chi connectivity index (χ0v) is 24.9. The molecular weight excluding hydrogens is 440 g/mol. The van der Waals surface area contributed by atoms with Crippen LogP contribution in [-0.4, -0.2) is 17.4 Å². The van der Waals surface area contributed by atoms with Gasteiger partial charge in [-0.1, -0.05) is 91.7 Å². The Morgan fingerprint density at radius 3 is 2.33 bits per heavy atom. The van der Waals surface area contributed by atoms with Gasteiger partial charge in [0.05, 0.1) is 12.3 Å². The predicted octanol–water partition coefficient (Wildman–Crippen LogP) is 8.20. The molecule has 8 atom stereocenters. The van der Waals surface area contributed by atoms with Gasteiger partial charge in [-0.15, -0.1) is 0 Å². The Balaban J connectivity index is 0.000000392. The van der Waals surface area contributed by atoms with Crippen molar-refractivity contribution in [1.82, 2.24) is 0 Å².